The minimum atomic E-state index is -0.448. The highest BCUT2D eigenvalue weighted by atomic mass is 32.1. The van der Waals surface area contributed by atoms with E-state index in [1.165, 1.54) is 30.7 Å². The summed E-state index contributed by atoms with van der Waals surface area (Å²) in [6, 6.07) is 7.44. The molecule has 0 radical (unpaired) electrons. The topological polar surface area (TPSA) is 98.3 Å². The van der Waals surface area contributed by atoms with Crippen LogP contribution in [0.4, 0.5) is 10.1 Å². The number of H-pyrrole nitrogens is 1. The van der Waals surface area contributed by atoms with Crippen LogP contribution in [-0.2, 0) is 0 Å². The molecule has 0 saturated heterocycles. The SMILES string of the molecule is Oc1[nH]c2ccc(F)cc2c1N=NC(=S)N/N=C/c1ccco1. The fourth-order valence-electron chi connectivity index (χ4n) is 1.87. The molecule has 0 atom stereocenters. The fraction of sp³-hybridized carbons (Fsp3) is 0. The van der Waals surface area contributed by atoms with Crippen LogP contribution >= 0.6 is 12.2 Å². The summed E-state index contributed by atoms with van der Waals surface area (Å²) < 4.78 is 18.3. The number of furan rings is 1. The molecular formula is C14H10FN5O2S. The van der Waals surface area contributed by atoms with Crippen LogP contribution in [0.2, 0.25) is 0 Å². The van der Waals surface area contributed by atoms with Crippen LogP contribution in [-0.4, -0.2) is 21.4 Å². The van der Waals surface area contributed by atoms with Crippen LogP contribution in [0.5, 0.6) is 5.88 Å². The van der Waals surface area contributed by atoms with Gasteiger partial charge in [0.25, 0.3) is 0 Å². The summed E-state index contributed by atoms with van der Waals surface area (Å²) in [5, 5.41) is 21.5. The van der Waals surface area contributed by atoms with E-state index in [-0.39, 0.29) is 16.7 Å². The fourth-order valence-corrected chi connectivity index (χ4v) is 1.96. The summed E-state index contributed by atoms with van der Waals surface area (Å²) in [7, 11) is 0. The molecule has 0 bridgehead atoms. The van der Waals surface area contributed by atoms with Crippen molar-refractivity contribution in [2.75, 3.05) is 0 Å². The number of thiocarbonyl (C=S) groups is 1. The second-order valence-electron chi connectivity index (χ2n) is 4.40. The van der Waals surface area contributed by atoms with Crippen molar-refractivity contribution < 1.29 is 13.9 Å². The van der Waals surface area contributed by atoms with Crippen molar-refractivity contribution >= 4 is 40.1 Å². The lowest BCUT2D eigenvalue weighted by Gasteiger charge is -1.95. The molecular weight excluding hydrogens is 321 g/mol. The first-order valence-electron chi connectivity index (χ1n) is 6.42. The number of nitrogens with one attached hydrogen (secondary N) is 2. The number of aromatic nitrogens is 1. The molecule has 0 aliphatic carbocycles. The second-order valence-corrected chi connectivity index (χ2v) is 4.79. The minimum absolute atomic E-state index is 0.0297. The Balaban J connectivity index is 1.73. The standard InChI is InChI=1S/C14H10FN5O2S/c15-8-3-4-11-10(6-8)12(13(21)17-11)18-20-14(23)19-16-7-9-2-1-5-22-9/h1-7,17,21H,(H,19,23)/b16-7+,20-18?. The molecule has 23 heavy (non-hydrogen) atoms. The monoisotopic (exact) mass is 331 g/mol. The highest BCUT2D eigenvalue weighted by molar-refractivity contribution is 7.80. The van der Waals surface area contributed by atoms with Gasteiger partial charge < -0.3 is 14.5 Å². The number of hydrogen-bond acceptors (Lipinski definition) is 5. The smallest absolute Gasteiger partial charge is 0.234 e. The molecule has 0 fully saturated rings. The summed E-state index contributed by atoms with van der Waals surface area (Å²) in [6.45, 7) is 0. The molecule has 2 heterocycles. The highest BCUT2D eigenvalue weighted by Gasteiger charge is 2.11. The molecule has 0 unspecified atom stereocenters. The predicted octanol–water partition coefficient (Wildman–Crippen LogP) is 3.60. The third kappa shape index (κ3) is 3.40. The summed E-state index contributed by atoms with van der Waals surface area (Å²) in [4.78, 5) is 2.67. The van der Waals surface area contributed by atoms with Crippen molar-refractivity contribution in [1.82, 2.24) is 10.4 Å². The average Bonchev–Trinajstić information content (AvgIpc) is 3.13. The molecule has 0 amide bonds. The quantitative estimate of drug-likeness (QED) is 0.295. The van der Waals surface area contributed by atoms with E-state index < -0.39 is 5.82 Å². The molecule has 3 rings (SSSR count). The normalized spacial score (nSPS) is 11.7. The average molecular weight is 331 g/mol. The summed E-state index contributed by atoms with van der Waals surface area (Å²) in [5.74, 6) is -0.130. The van der Waals surface area contributed by atoms with E-state index in [1.54, 1.807) is 12.1 Å². The van der Waals surface area contributed by atoms with Gasteiger partial charge in [-0.2, -0.15) is 5.10 Å². The maximum Gasteiger partial charge on any atom is 0.234 e. The molecule has 3 aromatic rings. The Morgan fingerprint density at radius 2 is 2.26 bits per heavy atom. The van der Waals surface area contributed by atoms with Gasteiger partial charge in [-0.1, -0.05) is 0 Å². The van der Waals surface area contributed by atoms with E-state index in [4.69, 9.17) is 16.6 Å². The van der Waals surface area contributed by atoms with Gasteiger partial charge in [0, 0.05) is 5.39 Å². The van der Waals surface area contributed by atoms with Gasteiger partial charge in [0.1, 0.15) is 11.6 Å². The zero-order chi connectivity index (χ0) is 16.2. The van der Waals surface area contributed by atoms with Crippen molar-refractivity contribution in [3.8, 4) is 5.88 Å². The van der Waals surface area contributed by atoms with Gasteiger partial charge in [-0.3, -0.25) is 5.43 Å². The third-order valence-corrected chi connectivity index (χ3v) is 3.02. The molecule has 2 aromatic heterocycles. The summed E-state index contributed by atoms with van der Waals surface area (Å²) in [5.41, 5.74) is 3.11. The van der Waals surface area contributed by atoms with Crippen LogP contribution in [0.25, 0.3) is 10.9 Å². The van der Waals surface area contributed by atoms with Crippen LogP contribution in [0.3, 0.4) is 0 Å². The molecule has 0 aliphatic heterocycles. The van der Waals surface area contributed by atoms with Crippen molar-refractivity contribution in [2.45, 2.75) is 0 Å². The van der Waals surface area contributed by atoms with E-state index in [2.05, 4.69) is 25.7 Å². The number of hydrazone groups is 1. The van der Waals surface area contributed by atoms with Crippen molar-refractivity contribution in [1.29, 1.82) is 0 Å². The van der Waals surface area contributed by atoms with E-state index in [9.17, 15) is 9.50 Å². The number of rotatable bonds is 3. The molecule has 0 saturated carbocycles. The summed E-state index contributed by atoms with van der Waals surface area (Å²) >= 11 is 4.93. The maximum atomic E-state index is 13.3. The molecule has 116 valence electrons. The van der Waals surface area contributed by atoms with Gasteiger partial charge in [0.15, 0.2) is 5.69 Å². The largest absolute Gasteiger partial charge is 0.493 e. The Bertz CT molecular complexity index is 901. The Morgan fingerprint density at radius 3 is 3.04 bits per heavy atom. The Morgan fingerprint density at radius 1 is 1.39 bits per heavy atom. The van der Waals surface area contributed by atoms with Gasteiger partial charge in [0.05, 0.1) is 18.0 Å². The zero-order valence-electron chi connectivity index (χ0n) is 11.5. The van der Waals surface area contributed by atoms with Crippen LogP contribution < -0.4 is 5.43 Å². The summed E-state index contributed by atoms with van der Waals surface area (Å²) in [6.07, 6.45) is 2.93. The molecule has 1 aromatic carbocycles. The molecule has 0 aliphatic rings. The highest BCUT2D eigenvalue weighted by Crippen LogP contribution is 2.35. The molecule has 3 N–H and O–H groups in total. The van der Waals surface area contributed by atoms with Crippen LogP contribution in [0.1, 0.15) is 5.76 Å². The van der Waals surface area contributed by atoms with Crippen molar-refractivity contribution in [3.63, 3.8) is 0 Å². The number of aromatic amines is 1. The first kappa shape index (κ1) is 14.9. The van der Waals surface area contributed by atoms with Gasteiger partial charge >= 0.3 is 0 Å². The van der Waals surface area contributed by atoms with Crippen molar-refractivity contribution in [2.24, 2.45) is 15.3 Å². The van der Waals surface area contributed by atoms with E-state index in [1.807, 2.05) is 0 Å². The van der Waals surface area contributed by atoms with Gasteiger partial charge in [-0.05, 0) is 42.5 Å². The number of halogens is 1. The van der Waals surface area contributed by atoms with Gasteiger partial charge in [-0.15, -0.1) is 10.2 Å². The van der Waals surface area contributed by atoms with Crippen LogP contribution in [0.15, 0.2) is 56.3 Å². The van der Waals surface area contributed by atoms with Crippen molar-refractivity contribution in [3.05, 3.63) is 48.2 Å². The van der Waals surface area contributed by atoms with E-state index in [0.717, 1.165) is 0 Å². The predicted molar refractivity (Wildman–Crippen MR) is 86.5 cm³/mol. The third-order valence-electron chi connectivity index (χ3n) is 2.85. The lowest BCUT2D eigenvalue weighted by Crippen LogP contribution is -2.11. The molecule has 7 nitrogen and oxygen atoms in total. The second kappa shape index (κ2) is 6.36. The first-order valence-corrected chi connectivity index (χ1v) is 6.83. The minimum Gasteiger partial charge on any atom is -0.493 e. The van der Waals surface area contributed by atoms with E-state index in [0.29, 0.717) is 16.7 Å². The Hall–Kier alpha value is -3.07. The van der Waals surface area contributed by atoms with E-state index >= 15 is 0 Å². The van der Waals surface area contributed by atoms with Gasteiger partial charge in [0.2, 0.25) is 11.0 Å². The molecule has 0 spiro atoms. The first-order chi connectivity index (χ1) is 11.1. The number of hydrogen-bond donors (Lipinski definition) is 3. The maximum absolute atomic E-state index is 13.3. The lowest BCUT2D eigenvalue weighted by molar-refractivity contribution is 0.459. The van der Waals surface area contributed by atoms with Crippen LogP contribution in [0, 0.1) is 5.82 Å². The Kier molecular flexibility index (Phi) is 4.11. The molecule has 9 heteroatoms. The number of aromatic hydroxyl groups is 1. The zero-order valence-corrected chi connectivity index (χ0v) is 12.3. The Labute approximate surface area is 134 Å². The number of fused-ring (bicyclic) bond motifs is 1. The van der Waals surface area contributed by atoms with Gasteiger partial charge in [-0.25, -0.2) is 4.39 Å². The number of azo groups is 1. The lowest BCUT2D eigenvalue weighted by atomic mass is 10.2. The number of nitrogens with zero attached hydrogens (tertiary/aromatic N) is 3. The number of benzene rings is 1.